The predicted molar refractivity (Wildman–Crippen MR) is 102 cm³/mol. The van der Waals surface area contributed by atoms with Crippen molar-refractivity contribution in [2.45, 2.75) is 39.7 Å². The maximum atomic E-state index is 11.8. The van der Waals surface area contributed by atoms with E-state index in [2.05, 4.69) is 44.0 Å². The van der Waals surface area contributed by atoms with E-state index in [9.17, 15) is 4.79 Å². The number of carbonyl (C=O) groups is 1. The van der Waals surface area contributed by atoms with Crippen molar-refractivity contribution in [1.82, 2.24) is 9.55 Å². The van der Waals surface area contributed by atoms with Crippen LogP contribution in [0.2, 0.25) is 0 Å². The normalized spacial score (nSPS) is 11.5. The Kier molecular flexibility index (Phi) is 4.98. The smallest absolute Gasteiger partial charge is 0.434 e. The maximum absolute atomic E-state index is 11.8. The van der Waals surface area contributed by atoms with E-state index >= 15 is 0 Å². The van der Waals surface area contributed by atoms with Crippen LogP contribution in [0.25, 0.3) is 10.9 Å². The van der Waals surface area contributed by atoms with Crippen LogP contribution < -0.4 is 4.74 Å². The number of rotatable bonds is 4. The van der Waals surface area contributed by atoms with Crippen molar-refractivity contribution in [1.29, 1.82) is 0 Å². The Bertz CT molecular complexity index is 908. The fourth-order valence-electron chi connectivity index (χ4n) is 2.85. The van der Waals surface area contributed by atoms with Gasteiger partial charge in [0.15, 0.2) is 0 Å². The molecule has 0 fully saturated rings. The second-order valence-corrected chi connectivity index (χ2v) is 7.20. The second-order valence-electron chi connectivity index (χ2n) is 7.20. The van der Waals surface area contributed by atoms with Gasteiger partial charge in [-0.15, -0.1) is 0 Å². The molecule has 0 saturated heterocycles. The van der Waals surface area contributed by atoms with E-state index in [1.54, 1.807) is 13.1 Å². The third-order valence-electron chi connectivity index (χ3n) is 4.23. The first kappa shape index (κ1) is 18.0. The minimum atomic E-state index is -0.700. The molecule has 0 aliphatic heterocycles. The highest BCUT2D eigenvalue weighted by atomic mass is 16.7. The van der Waals surface area contributed by atoms with Crippen molar-refractivity contribution >= 4 is 17.1 Å². The third-order valence-corrected chi connectivity index (χ3v) is 4.23. The maximum Gasteiger partial charge on any atom is 0.515 e. The summed E-state index contributed by atoms with van der Waals surface area (Å²) in [6.45, 7) is 9.06. The molecule has 1 aromatic carbocycles. The molecule has 0 saturated carbocycles. The molecule has 0 unspecified atom stereocenters. The number of pyridine rings is 1. The van der Waals surface area contributed by atoms with Gasteiger partial charge in [0.1, 0.15) is 0 Å². The zero-order valence-electron chi connectivity index (χ0n) is 15.7. The number of aromatic nitrogens is 2. The van der Waals surface area contributed by atoms with E-state index in [1.807, 2.05) is 28.8 Å². The number of carbonyl (C=O) groups excluding carboxylic acids is 1. The lowest BCUT2D eigenvalue weighted by atomic mass is 9.86. The fourth-order valence-corrected chi connectivity index (χ4v) is 2.85. The van der Waals surface area contributed by atoms with Crippen LogP contribution in [0.15, 0.2) is 48.7 Å². The molecular weight excluding hydrogens is 328 g/mol. The molecule has 0 aliphatic carbocycles. The van der Waals surface area contributed by atoms with E-state index in [1.165, 1.54) is 5.56 Å². The average Bonchev–Trinajstić information content (AvgIpc) is 2.92. The van der Waals surface area contributed by atoms with Gasteiger partial charge < -0.3 is 14.0 Å². The van der Waals surface area contributed by atoms with Gasteiger partial charge in [-0.25, -0.2) is 4.79 Å². The van der Waals surface area contributed by atoms with Crippen LogP contribution in [0.5, 0.6) is 5.88 Å². The van der Waals surface area contributed by atoms with Crippen LogP contribution in [0, 0.1) is 0 Å². The molecular formula is C21H24N2O3. The van der Waals surface area contributed by atoms with Gasteiger partial charge in [0, 0.05) is 17.6 Å². The molecule has 0 radical (unpaired) electrons. The highest BCUT2D eigenvalue weighted by Crippen LogP contribution is 2.31. The molecule has 0 bridgehead atoms. The van der Waals surface area contributed by atoms with Gasteiger partial charge in [0.05, 0.1) is 24.4 Å². The van der Waals surface area contributed by atoms with Gasteiger partial charge in [-0.1, -0.05) is 32.9 Å². The van der Waals surface area contributed by atoms with Gasteiger partial charge in [0.2, 0.25) is 5.88 Å². The molecule has 0 aliphatic rings. The molecule has 26 heavy (non-hydrogen) atoms. The highest BCUT2D eigenvalue weighted by molar-refractivity contribution is 5.84. The summed E-state index contributed by atoms with van der Waals surface area (Å²) in [4.78, 5) is 16.2. The molecule has 2 heterocycles. The van der Waals surface area contributed by atoms with E-state index in [4.69, 9.17) is 9.47 Å². The van der Waals surface area contributed by atoms with Gasteiger partial charge in [0.25, 0.3) is 0 Å². The summed E-state index contributed by atoms with van der Waals surface area (Å²) < 4.78 is 12.3. The molecule has 5 heteroatoms. The zero-order chi connectivity index (χ0) is 18.7. The van der Waals surface area contributed by atoms with Crippen LogP contribution >= 0.6 is 0 Å². The molecule has 136 valence electrons. The van der Waals surface area contributed by atoms with Crippen LogP contribution in [0.1, 0.15) is 39.0 Å². The van der Waals surface area contributed by atoms with Crippen molar-refractivity contribution in [3.8, 4) is 5.88 Å². The Morgan fingerprint density at radius 2 is 1.96 bits per heavy atom. The van der Waals surface area contributed by atoms with E-state index in [0.717, 1.165) is 16.6 Å². The van der Waals surface area contributed by atoms with E-state index in [-0.39, 0.29) is 12.0 Å². The minimum absolute atomic E-state index is 0.0411. The molecule has 5 nitrogen and oxygen atoms in total. The largest absolute Gasteiger partial charge is 0.515 e. The lowest BCUT2D eigenvalue weighted by Crippen LogP contribution is -2.13. The highest BCUT2D eigenvalue weighted by Gasteiger charge is 2.18. The predicted octanol–water partition coefficient (Wildman–Crippen LogP) is 4.92. The topological polar surface area (TPSA) is 53.4 Å². The standard InChI is InChI=1S/C21H24N2O3/c1-5-25-20(24)26-19-13-15-12-16(21(2,3)4)9-10-18(15)23(19)14-17-8-6-7-11-22-17/h6-13H,5,14H2,1-4H3. The molecule has 0 spiro atoms. The van der Waals surface area contributed by atoms with Crippen molar-refractivity contribution in [2.75, 3.05) is 6.61 Å². The Morgan fingerprint density at radius 1 is 1.15 bits per heavy atom. The quantitative estimate of drug-likeness (QED) is 0.626. The minimum Gasteiger partial charge on any atom is -0.434 e. The summed E-state index contributed by atoms with van der Waals surface area (Å²) >= 11 is 0. The van der Waals surface area contributed by atoms with Crippen molar-refractivity contribution < 1.29 is 14.3 Å². The average molecular weight is 352 g/mol. The number of fused-ring (bicyclic) bond motifs is 1. The summed E-state index contributed by atoms with van der Waals surface area (Å²) in [5, 5.41) is 1.02. The summed E-state index contributed by atoms with van der Waals surface area (Å²) in [6, 6.07) is 14.0. The first-order chi connectivity index (χ1) is 12.4. The van der Waals surface area contributed by atoms with Crippen molar-refractivity contribution in [3.05, 3.63) is 59.9 Å². The van der Waals surface area contributed by atoms with Crippen molar-refractivity contribution in [3.63, 3.8) is 0 Å². The number of hydrogen-bond acceptors (Lipinski definition) is 4. The van der Waals surface area contributed by atoms with Crippen LogP contribution in [0.3, 0.4) is 0 Å². The first-order valence-corrected chi connectivity index (χ1v) is 8.77. The van der Waals surface area contributed by atoms with Gasteiger partial charge in [-0.2, -0.15) is 0 Å². The SMILES string of the molecule is CCOC(=O)Oc1cc2cc(C(C)(C)C)ccc2n1Cc1ccccn1. The third kappa shape index (κ3) is 3.87. The van der Waals surface area contributed by atoms with Gasteiger partial charge in [-0.3, -0.25) is 4.98 Å². The molecule has 3 rings (SSSR count). The summed E-state index contributed by atoms with van der Waals surface area (Å²) in [5.74, 6) is 0.454. The zero-order valence-corrected chi connectivity index (χ0v) is 15.7. The first-order valence-electron chi connectivity index (χ1n) is 8.77. The lowest BCUT2D eigenvalue weighted by molar-refractivity contribution is 0.101. The molecule has 0 amide bonds. The van der Waals surface area contributed by atoms with E-state index < -0.39 is 6.16 Å². The number of benzene rings is 1. The summed E-state index contributed by atoms with van der Waals surface area (Å²) in [7, 11) is 0. The Hall–Kier alpha value is -2.82. The monoisotopic (exact) mass is 352 g/mol. The van der Waals surface area contributed by atoms with Gasteiger partial charge >= 0.3 is 6.16 Å². The van der Waals surface area contributed by atoms with Crippen LogP contribution in [-0.2, 0) is 16.7 Å². The number of ether oxygens (including phenoxy) is 2. The van der Waals surface area contributed by atoms with Crippen molar-refractivity contribution in [2.24, 2.45) is 0 Å². The van der Waals surface area contributed by atoms with E-state index in [0.29, 0.717) is 12.4 Å². The molecule has 0 N–H and O–H groups in total. The van der Waals surface area contributed by atoms with Crippen LogP contribution in [-0.4, -0.2) is 22.3 Å². The second kappa shape index (κ2) is 7.20. The Labute approximate surface area is 153 Å². The molecule has 3 aromatic rings. The molecule has 0 atom stereocenters. The molecule has 2 aromatic heterocycles. The Morgan fingerprint density at radius 3 is 2.62 bits per heavy atom. The fraction of sp³-hybridized carbons (Fsp3) is 0.333. The Balaban J connectivity index is 2.06. The lowest BCUT2D eigenvalue weighted by Gasteiger charge is -2.19. The number of nitrogens with zero attached hydrogens (tertiary/aromatic N) is 2. The van der Waals surface area contributed by atoms with Crippen LogP contribution in [0.4, 0.5) is 4.79 Å². The van der Waals surface area contributed by atoms with Gasteiger partial charge in [-0.05, 0) is 42.2 Å². The summed E-state index contributed by atoms with van der Waals surface area (Å²) in [5.41, 5.74) is 3.14. The number of hydrogen-bond donors (Lipinski definition) is 0. The summed E-state index contributed by atoms with van der Waals surface area (Å²) in [6.07, 6.45) is 1.05.